The minimum Gasteiger partial charge on any atom is -0.497 e. The fourth-order valence-electron chi connectivity index (χ4n) is 2.54. The van der Waals surface area contributed by atoms with Crippen molar-refractivity contribution in [2.24, 2.45) is 0 Å². The largest absolute Gasteiger partial charge is 0.497 e. The van der Waals surface area contributed by atoms with E-state index in [9.17, 15) is 5.11 Å². The van der Waals surface area contributed by atoms with Crippen LogP contribution in [0.3, 0.4) is 0 Å². The van der Waals surface area contributed by atoms with Crippen LogP contribution < -0.4 is 4.74 Å². The van der Waals surface area contributed by atoms with E-state index in [-0.39, 0.29) is 0 Å². The molecule has 0 bridgehead atoms. The Morgan fingerprint density at radius 1 is 1.47 bits per heavy atom. The maximum absolute atomic E-state index is 10.0. The lowest BCUT2D eigenvalue weighted by molar-refractivity contribution is 0.139. The Morgan fingerprint density at radius 3 is 3.11 bits per heavy atom. The van der Waals surface area contributed by atoms with Crippen molar-refractivity contribution in [3.05, 3.63) is 35.1 Å². The van der Waals surface area contributed by atoms with Crippen LogP contribution in [0.4, 0.5) is 0 Å². The van der Waals surface area contributed by atoms with Gasteiger partial charge in [0.15, 0.2) is 5.15 Å². The van der Waals surface area contributed by atoms with Crippen LogP contribution in [0.2, 0.25) is 5.15 Å². The maximum atomic E-state index is 10.0. The zero-order chi connectivity index (χ0) is 13.4. The molecule has 0 fully saturated rings. The molecule has 1 aliphatic rings. The van der Waals surface area contributed by atoms with Crippen molar-refractivity contribution in [2.75, 3.05) is 7.11 Å². The molecule has 1 aliphatic heterocycles. The summed E-state index contributed by atoms with van der Waals surface area (Å²) in [5.74, 6) is 1.57. The van der Waals surface area contributed by atoms with Crippen molar-refractivity contribution >= 4 is 11.6 Å². The first-order chi connectivity index (χ1) is 9.20. The van der Waals surface area contributed by atoms with Crippen LogP contribution in [0, 0.1) is 0 Å². The fraction of sp³-hybridized carbons (Fsp3) is 0.357. The molecule has 0 saturated carbocycles. The monoisotopic (exact) mass is 278 g/mol. The van der Waals surface area contributed by atoms with Gasteiger partial charge in [0.2, 0.25) is 0 Å². The van der Waals surface area contributed by atoms with Gasteiger partial charge in [0.25, 0.3) is 0 Å². The average molecular weight is 279 g/mol. The van der Waals surface area contributed by atoms with Gasteiger partial charge in [-0.15, -0.1) is 0 Å². The highest BCUT2D eigenvalue weighted by Gasteiger charge is 2.26. The molecule has 4 nitrogen and oxygen atoms in total. The van der Waals surface area contributed by atoms with E-state index in [1.807, 2.05) is 28.8 Å². The van der Waals surface area contributed by atoms with E-state index in [0.717, 1.165) is 42.2 Å². The maximum Gasteiger partial charge on any atom is 0.153 e. The number of hydrogen-bond donors (Lipinski definition) is 1. The number of halogens is 1. The van der Waals surface area contributed by atoms with Crippen LogP contribution in [0.15, 0.2) is 24.3 Å². The predicted octanol–water partition coefficient (Wildman–Crippen LogP) is 3.04. The van der Waals surface area contributed by atoms with E-state index in [1.54, 1.807) is 7.11 Å². The molecule has 1 unspecified atom stereocenters. The molecule has 1 aromatic heterocycles. The van der Waals surface area contributed by atoms with Crippen LogP contribution in [0.25, 0.3) is 11.4 Å². The van der Waals surface area contributed by atoms with Crippen molar-refractivity contribution in [3.63, 3.8) is 0 Å². The summed E-state index contributed by atoms with van der Waals surface area (Å²) in [6.07, 6.45) is 1.15. The highest BCUT2D eigenvalue weighted by Crippen LogP contribution is 2.35. The van der Waals surface area contributed by atoms with E-state index in [1.165, 1.54) is 0 Å². The average Bonchev–Trinajstić information content (AvgIpc) is 2.78. The molecule has 3 rings (SSSR count). The summed E-state index contributed by atoms with van der Waals surface area (Å²) in [7, 11) is 1.64. The second kappa shape index (κ2) is 4.87. The van der Waals surface area contributed by atoms with Crippen LogP contribution in [-0.2, 0) is 6.54 Å². The summed E-state index contributed by atoms with van der Waals surface area (Å²) in [4.78, 5) is 4.40. The van der Waals surface area contributed by atoms with Gasteiger partial charge in [0.05, 0.1) is 18.9 Å². The molecule has 0 radical (unpaired) electrons. The van der Waals surface area contributed by atoms with Crippen molar-refractivity contribution < 1.29 is 9.84 Å². The van der Waals surface area contributed by atoms with Gasteiger partial charge in [-0.1, -0.05) is 23.7 Å². The van der Waals surface area contributed by atoms with Crippen LogP contribution in [0.5, 0.6) is 5.75 Å². The van der Waals surface area contributed by atoms with Crippen LogP contribution in [-0.4, -0.2) is 21.8 Å². The standard InChI is InChI=1S/C14H15ClN2O2/c1-19-10-5-2-4-9(8-10)14-16-13(15)12-11(18)6-3-7-17(12)14/h2,4-5,8,11,18H,3,6-7H2,1H3. The van der Waals surface area contributed by atoms with Crippen molar-refractivity contribution in [2.45, 2.75) is 25.5 Å². The Morgan fingerprint density at radius 2 is 2.32 bits per heavy atom. The number of imidazole rings is 1. The highest BCUT2D eigenvalue weighted by atomic mass is 35.5. The van der Waals surface area contributed by atoms with Crippen LogP contribution >= 0.6 is 11.6 Å². The minimum atomic E-state index is -0.520. The lowest BCUT2D eigenvalue weighted by Gasteiger charge is -2.21. The van der Waals surface area contributed by atoms with Crippen LogP contribution in [0.1, 0.15) is 24.6 Å². The summed E-state index contributed by atoms with van der Waals surface area (Å²) in [5.41, 5.74) is 1.67. The zero-order valence-corrected chi connectivity index (χ0v) is 11.4. The second-order valence-electron chi connectivity index (χ2n) is 4.65. The lowest BCUT2D eigenvalue weighted by atomic mass is 10.1. The number of fused-ring (bicyclic) bond motifs is 1. The van der Waals surface area contributed by atoms with Gasteiger partial charge in [0, 0.05) is 12.1 Å². The lowest BCUT2D eigenvalue weighted by Crippen LogP contribution is -2.15. The molecule has 2 aromatic rings. The third-order valence-electron chi connectivity index (χ3n) is 3.46. The molecule has 1 N–H and O–H groups in total. The predicted molar refractivity (Wildman–Crippen MR) is 73.4 cm³/mol. The molecule has 5 heteroatoms. The molecular formula is C14H15ClN2O2. The molecule has 0 amide bonds. The number of nitrogens with zero attached hydrogens (tertiary/aromatic N) is 2. The number of rotatable bonds is 2. The number of hydrogen-bond acceptors (Lipinski definition) is 3. The molecule has 1 aromatic carbocycles. The van der Waals surface area contributed by atoms with E-state index in [0.29, 0.717) is 5.15 Å². The number of aliphatic hydroxyl groups is 1. The Labute approximate surface area is 116 Å². The second-order valence-corrected chi connectivity index (χ2v) is 5.01. The smallest absolute Gasteiger partial charge is 0.153 e. The van der Waals surface area contributed by atoms with E-state index in [4.69, 9.17) is 16.3 Å². The first kappa shape index (κ1) is 12.5. The molecule has 2 heterocycles. The van der Waals surface area contributed by atoms with Gasteiger partial charge in [-0.2, -0.15) is 0 Å². The van der Waals surface area contributed by atoms with Crippen molar-refractivity contribution in [1.29, 1.82) is 0 Å². The minimum absolute atomic E-state index is 0.394. The molecule has 0 spiro atoms. The van der Waals surface area contributed by atoms with E-state index < -0.39 is 6.10 Å². The summed E-state index contributed by atoms with van der Waals surface area (Å²) in [5, 5.41) is 10.4. The first-order valence-corrected chi connectivity index (χ1v) is 6.67. The molecule has 0 aliphatic carbocycles. The van der Waals surface area contributed by atoms with Gasteiger partial charge in [-0.25, -0.2) is 4.98 Å². The number of aromatic nitrogens is 2. The zero-order valence-electron chi connectivity index (χ0n) is 10.6. The SMILES string of the molecule is COc1cccc(-c2nc(Cl)c3n2CCCC3O)c1. The van der Waals surface area contributed by atoms with Gasteiger partial charge in [-0.05, 0) is 25.0 Å². The van der Waals surface area contributed by atoms with Crippen molar-refractivity contribution in [1.82, 2.24) is 9.55 Å². The van der Waals surface area contributed by atoms with Gasteiger partial charge < -0.3 is 14.4 Å². The summed E-state index contributed by atoms with van der Waals surface area (Å²) >= 11 is 6.16. The third kappa shape index (κ3) is 2.11. The Hall–Kier alpha value is -1.52. The van der Waals surface area contributed by atoms with E-state index >= 15 is 0 Å². The normalized spacial score (nSPS) is 18.2. The van der Waals surface area contributed by atoms with Crippen molar-refractivity contribution in [3.8, 4) is 17.1 Å². The first-order valence-electron chi connectivity index (χ1n) is 6.29. The number of aliphatic hydroxyl groups excluding tert-OH is 1. The van der Waals surface area contributed by atoms with Gasteiger partial charge in [0.1, 0.15) is 11.6 Å². The molecule has 0 saturated heterocycles. The quantitative estimate of drug-likeness (QED) is 0.918. The Kier molecular flexibility index (Phi) is 3.21. The summed E-state index contributed by atoms with van der Waals surface area (Å²) in [6.45, 7) is 0.832. The van der Waals surface area contributed by atoms with E-state index in [2.05, 4.69) is 4.98 Å². The van der Waals surface area contributed by atoms with Gasteiger partial charge >= 0.3 is 0 Å². The summed E-state index contributed by atoms with van der Waals surface area (Å²) < 4.78 is 7.23. The topological polar surface area (TPSA) is 47.3 Å². The molecule has 1 atom stereocenters. The summed E-state index contributed by atoms with van der Waals surface area (Å²) in [6, 6.07) is 7.70. The number of benzene rings is 1. The highest BCUT2D eigenvalue weighted by molar-refractivity contribution is 6.30. The number of ether oxygens (including phenoxy) is 1. The number of methoxy groups -OCH3 is 1. The molecule has 19 heavy (non-hydrogen) atoms. The third-order valence-corrected chi connectivity index (χ3v) is 3.74. The fourth-order valence-corrected chi connectivity index (χ4v) is 2.85. The van der Waals surface area contributed by atoms with Gasteiger partial charge in [-0.3, -0.25) is 0 Å². The molecular weight excluding hydrogens is 264 g/mol. The Bertz CT molecular complexity index is 609. The Balaban J connectivity index is 2.13. The molecule has 100 valence electrons.